The fraction of sp³-hybridized carbons (Fsp3) is 1.00. The minimum absolute atomic E-state index is 0.820. The van der Waals surface area contributed by atoms with Crippen LogP contribution in [0.3, 0.4) is 0 Å². The van der Waals surface area contributed by atoms with E-state index in [4.69, 9.17) is 0 Å². The van der Waals surface area contributed by atoms with E-state index in [2.05, 4.69) is 26.1 Å². The van der Waals surface area contributed by atoms with Gasteiger partial charge in [-0.2, -0.15) is 0 Å². The van der Waals surface area contributed by atoms with Gasteiger partial charge in [-0.3, -0.25) is 0 Å². The summed E-state index contributed by atoms with van der Waals surface area (Å²) in [5.41, 5.74) is 0. The van der Waals surface area contributed by atoms with Crippen LogP contribution in [-0.2, 0) is 0 Å². The van der Waals surface area contributed by atoms with Crippen molar-refractivity contribution in [3.05, 3.63) is 0 Å². The number of hydrogen-bond acceptors (Lipinski definition) is 1. The molecule has 0 amide bonds. The van der Waals surface area contributed by atoms with Crippen molar-refractivity contribution < 1.29 is 0 Å². The first-order valence-electron chi connectivity index (χ1n) is 8.40. The highest BCUT2D eigenvalue weighted by molar-refractivity contribution is 4.82. The van der Waals surface area contributed by atoms with Crippen molar-refractivity contribution in [3.63, 3.8) is 0 Å². The summed E-state index contributed by atoms with van der Waals surface area (Å²) >= 11 is 0. The number of rotatable bonds is 4. The lowest BCUT2D eigenvalue weighted by Gasteiger charge is -2.35. The smallest absolute Gasteiger partial charge is 0.00699 e. The predicted octanol–water partition coefficient (Wildman–Crippen LogP) is 4.62. The molecule has 0 bridgehead atoms. The Hall–Kier alpha value is -0.0400. The van der Waals surface area contributed by atoms with Crippen molar-refractivity contribution in [3.8, 4) is 0 Å². The molecule has 0 spiro atoms. The second kappa shape index (κ2) is 6.93. The van der Waals surface area contributed by atoms with E-state index in [1.54, 1.807) is 0 Å². The lowest BCUT2D eigenvalue weighted by atomic mass is 9.78. The van der Waals surface area contributed by atoms with E-state index < -0.39 is 0 Å². The third-order valence-electron chi connectivity index (χ3n) is 5.62. The van der Waals surface area contributed by atoms with Gasteiger partial charge in [0.2, 0.25) is 0 Å². The fourth-order valence-electron chi connectivity index (χ4n) is 4.03. The molecule has 4 unspecified atom stereocenters. The normalized spacial score (nSPS) is 38.0. The van der Waals surface area contributed by atoms with Gasteiger partial charge in [0.05, 0.1) is 0 Å². The molecule has 0 aliphatic heterocycles. The average molecular weight is 251 g/mol. The van der Waals surface area contributed by atoms with Crippen molar-refractivity contribution >= 4 is 0 Å². The Labute approximate surface area is 114 Å². The van der Waals surface area contributed by atoms with Gasteiger partial charge >= 0.3 is 0 Å². The third kappa shape index (κ3) is 3.98. The highest BCUT2D eigenvalue weighted by atomic mass is 14.9. The molecule has 2 aliphatic carbocycles. The standard InChI is InChI=1S/C17H33N/c1-13(2)15-9-6-10-17(11-15)18-12-16-8-5-4-7-14(16)3/h13-18H,4-12H2,1-3H3. The van der Waals surface area contributed by atoms with Crippen LogP contribution < -0.4 is 5.32 Å². The Kier molecular flexibility index (Phi) is 5.54. The van der Waals surface area contributed by atoms with Crippen LogP contribution in [0.1, 0.15) is 72.1 Å². The Bertz CT molecular complexity index is 236. The molecule has 1 N–H and O–H groups in total. The van der Waals surface area contributed by atoms with Crippen LogP contribution in [0, 0.1) is 23.7 Å². The Morgan fingerprint density at radius 3 is 2.50 bits per heavy atom. The van der Waals surface area contributed by atoms with E-state index in [9.17, 15) is 0 Å². The summed E-state index contributed by atoms with van der Waals surface area (Å²) in [6.07, 6.45) is 11.6. The lowest BCUT2D eigenvalue weighted by molar-refractivity contribution is 0.200. The maximum atomic E-state index is 3.91. The monoisotopic (exact) mass is 251 g/mol. The largest absolute Gasteiger partial charge is 0.314 e. The summed E-state index contributed by atoms with van der Waals surface area (Å²) < 4.78 is 0. The van der Waals surface area contributed by atoms with Crippen molar-refractivity contribution in [2.75, 3.05) is 6.54 Å². The van der Waals surface area contributed by atoms with Gasteiger partial charge in [0.25, 0.3) is 0 Å². The molecule has 1 heteroatoms. The minimum atomic E-state index is 0.820. The maximum absolute atomic E-state index is 3.91. The van der Waals surface area contributed by atoms with Gasteiger partial charge in [-0.05, 0) is 49.5 Å². The maximum Gasteiger partial charge on any atom is 0.00699 e. The minimum Gasteiger partial charge on any atom is -0.314 e. The Morgan fingerprint density at radius 1 is 1.00 bits per heavy atom. The first-order chi connectivity index (χ1) is 8.66. The van der Waals surface area contributed by atoms with Crippen molar-refractivity contribution in [2.45, 2.75) is 78.2 Å². The quantitative estimate of drug-likeness (QED) is 0.769. The summed E-state index contributed by atoms with van der Waals surface area (Å²) in [5, 5.41) is 3.91. The average Bonchev–Trinajstić information content (AvgIpc) is 2.38. The fourth-order valence-corrected chi connectivity index (χ4v) is 4.03. The molecule has 18 heavy (non-hydrogen) atoms. The molecule has 2 fully saturated rings. The SMILES string of the molecule is CC(C)C1CCCC(NCC2CCCCC2C)C1. The first-order valence-corrected chi connectivity index (χ1v) is 8.40. The highest BCUT2D eigenvalue weighted by Gasteiger charge is 2.26. The van der Waals surface area contributed by atoms with Crippen LogP contribution in [0.5, 0.6) is 0 Å². The summed E-state index contributed by atoms with van der Waals surface area (Å²) in [7, 11) is 0. The molecule has 0 aromatic rings. The molecule has 4 atom stereocenters. The van der Waals surface area contributed by atoms with Gasteiger partial charge in [0.15, 0.2) is 0 Å². The molecule has 1 nitrogen and oxygen atoms in total. The highest BCUT2D eigenvalue weighted by Crippen LogP contribution is 2.32. The van der Waals surface area contributed by atoms with E-state index in [0.29, 0.717) is 0 Å². The topological polar surface area (TPSA) is 12.0 Å². The number of hydrogen-bond donors (Lipinski definition) is 1. The van der Waals surface area contributed by atoms with Crippen molar-refractivity contribution in [1.29, 1.82) is 0 Å². The summed E-state index contributed by atoms with van der Waals surface area (Å²) in [6.45, 7) is 8.55. The molecule has 0 saturated heterocycles. The summed E-state index contributed by atoms with van der Waals surface area (Å²) in [5.74, 6) is 3.76. The van der Waals surface area contributed by atoms with Gasteiger partial charge in [0, 0.05) is 6.04 Å². The molecular formula is C17H33N. The van der Waals surface area contributed by atoms with Gasteiger partial charge < -0.3 is 5.32 Å². The zero-order chi connectivity index (χ0) is 13.0. The van der Waals surface area contributed by atoms with E-state index in [1.165, 1.54) is 57.9 Å². The van der Waals surface area contributed by atoms with Crippen LogP contribution in [0.4, 0.5) is 0 Å². The molecular weight excluding hydrogens is 218 g/mol. The van der Waals surface area contributed by atoms with Crippen molar-refractivity contribution in [2.24, 2.45) is 23.7 Å². The van der Waals surface area contributed by atoms with Crippen LogP contribution in [0.2, 0.25) is 0 Å². The van der Waals surface area contributed by atoms with Crippen LogP contribution in [0.15, 0.2) is 0 Å². The number of nitrogens with one attached hydrogen (secondary N) is 1. The molecule has 0 aromatic heterocycles. The molecule has 2 saturated carbocycles. The molecule has 0 heterocycles. The van der Waals surface area contributed by atoms with Gasteiger partial charge in [0.1, 0.15) is 0 Å². The molecule has 0 aromatic carbocycles. The Morgan fingerprint density at radius 2 is 1.78 bits per heavy atom. The predicted molar refractivity (Wildman–Crippen MR) is 79.7 cm³/mol. The van der Waals surface area contributed by atoms with Crippen LogP contribution >= 0.6 is 0 Å². The second-order valence-corrected chi connectivity index (χ2v) is 7.30. The van der Waals surface area contributed by atoms with Gasteiger partial charge in [-0.1, -0.05) is 52.9 Å². The summed E-state index contributed by atoms with van der Waals surface area (Å²) in [6, 6.07) is 0.820. The van der Waals surface area contributed by atoms with Gasteiger partial charge in [-0.25, -0.2) is 0 Å². The summed E-state index contributed by atoms with van der Waals surface area (Å²) in [4.78, 5) is 0. The van der Waals surface area contributed by atoms with E-state index in [0.717, 1.165) is 29.7 Å². The van der Waals surface area contributed by atoms with Crippen LogP contribution in [0.25, 0.3) is 0 Å². The van der Waals surface area contributed by atoms with Crippen LogP contribution in [-0.4, -0.2) is 12.6 Å². The molecule has 106 valence electrons. The Balaban J connectivity index is 1.72. The zero-order valence-electron chi connectivity index (χ0n) is 12.8. The molecule has 0 radical (unpaired) electrons. The molecule has 2 aliphatic rings. The zero-order valence-corrected chi connectivity index (χ0v) is 12.8. The second-order valence-electron chi connectivity index (χ2n) is 7.30. The van der Waals surface area contributed by atoms with E-state index >= 15 is 0 Å². The third-order valence-corrected chi connectivity index (χ3v) is 5.62. The lowest BCUT2D eigenvalue weighted by Crippen LogP contribution is -2.39. The van der Waals surface area contributed by atoms with E-state index in [1.807, 2.05) is 0 Å². The van der Waals surface area contributed by atoms with Crippen molar-refractivity contribution in [1.82, 2.24) is 5.32 Å². The molecule has 2 rings (SSSR count). The van der Waals surface area contributed by atoms with E-state index in [-0.39, 0.29) is 0 Å². The first kappa shape index (κ1) is 14.4. The van der Waals surface area contributed by atoms with Gasteiger partial charge in [-0.15, -0.1) is 0 Å².